The van der Waals surface area contributed by atoms with Crippen LogP contribution in [0.4, 0.5) is 4.39 Å². The Morgan fingerprint density at radius 3 is 2.73 bits per heavy atom. The molecule has 1 aromatic rings. The van der Waals surface area contributed by atoms with Crippen LogP contribution in [0, 0.1) is 11.7 Å². The predicted molar refractivity (Wildman–Crippen MR) is 60.0 cm³/mol. The number of aliphatic hydroxyl groups is 1. The third-order valence-electron chi connectivity index (χ3n) is 2.64. The summed E-state index contributed by atoms with van der Waals surface area (Å²) in [7, 11) is 0. The molecule has 0 amide bonds. The van der Waals surface area contributed by atoms with Crippen LogP contribution >= 0.6 is 0 Å². The second-order valence-electron chi connectivity index (χ2n) is 4.20. The lowest BCUT2D eigenvalue weighted by Gasteiger charge is -2.16. The third kappa shape index (κ3) is 4.00. The van der Waals surface area contributed by atoms with E-state index in [2.05, 4.69) is 13.8 Å². The second kappa shape index (κ2) is 5.86. The van der Waals surface area contributed by atoms with Crippen molar-refractivity contribution in [1.29, 1.82) is 0 Å². The molecule has 2 atom stereocenters. The Labute approximate surface area is 90.9 Å². The second-order valence-corrected chi connectivity index (χ2v) is 4.20. The van der Waals surface area contributed by atoms with Crippen molar-refractivity contribution in [2.75, 3.05) is 0 Å². The summed E-state index contributed by atoms with van der Waals surface area (Å²) in [5, 5.41) is 9.88. The maximum Gasteiger partial charge on any atom is 0.123 e. The fourth-order valence-electron chi connectivity index (χ4n) is 1.84. The highest BCUT2D eigenvalue weighted by atomic mass is 19.1. The molecule has 84 valence electrons. The predicted octanol–water partition coefficient (Wildman–Crippen LogP) is 3.69. The molecule has 15 heavy (non-hydrogen) atoms. The highest BCUT2D eigenvalue weighted by Gasteiger charge is 2.12. The van der Waals surface area contributed by atoms with Crippen LogP contribution in [0.5, 0.6) is 0 Å². The van der Waals surface area contributed by atoms with Gasteiger partial charge in [0.2, 0.25) is 0 Å². The fourth-order valence-corrected chi connectivity index (χ4v) is 1.84. The van der Waals surface area contributed by atoms with Crippen molar-refractivity contribution in [3.05, 3.63) is 35.6 Å². The zero-order chi connectivity index (χ0) is 11.3. The summed E-state index contributed by atoms with van der Waals surface area (Å²) in [5.74, 6) is 0.197. The molecule has 0 aliphatic heterocycles. The molecule has 0 aliphatic rings. The largest absolute Gasteiger partial charge is 0.388 e. The normalized spacial score (nSPS) is 14.9. The molecule has 0 radical (unpaired) electrons. The van der Waals surface area contributed by atoms with Gasteiger partial charge >= 0.3 is 0 Å². The number of hydrogen-bond acceptors (Lipinski definition) is 1. The number of rotatable bonds is 5. The van der Waals surface area contributed by atoms with Crippen LogP contribution in [0.3, 0.4) is 0 Å². The highest BCUT2D eigenvalue weighted by molar-refractivity contribution is 5.18. The molecular weight excluding hydrogens is 191 g/mol. The van der Waals surface area contributed by atoms with E-state index < -0.39 is 6.10 Å². The molecular formula is C13H19FO. The number of benzene rings is 1. The van der Waals surface area contributed by atoms with E-state index >= 15 is 0 Å². The molecule has 1 nitrogen and oxygen atoms in total. The Morgan fingerprint density at radius 1 is 1.40 bits per heavy atom. The summed E-state index contributed by atoms with van der Waals surface area (Å²) in [4.78, 5) is 0. The summed E-state index contributed by atoms with van der Waals surface area (Å²) >= 11 is 0. The highest BCUT2D eigenvalue weighted by Crippen LogP contribution is 2.23. The van der Waals surface area contributed by atoms with Gasteiger partial charge in [0.1, 0.15) is 5.82 Å². The number of halogens is 1. The molecule has 2 unspecified atom stereocenters. The third-order valence-corrected chi connectivity index (χ3v) is 2.64. The zero-order valence-electron chi connectivity index (χ0n) is 9.41. The summed E-state index contributed by atoms with van der Waals surface area (Å²) in [6.45, 7) is 4.25. The zero-order valence-corrected chi connectivity index (χ0v) is 9.41. The first-order chi connectivity index (χ1) is 7.13. The van der Waals surface area contributed by atoms with E-state index in [1.807, 2.05) is 0 Å². The Kier molecular flexibility index (Phi) is 4.76. The molecule has 0 bridgehead atoms. The standard InChI is InChI=1S/C13H19FO/c1-3-5-10(2)8-13(15)11-6-4-7-12(14)9-11/h4,6-7,9-10,13,15H,3,5,8H2,1-2H3. The van der Waals surface area contributed by atoms with E-state index in [0.29, 0.717) is 17.9 Å². The van der Waals surface area contributed by atoms with Crippen LogP contribution < -0.4 is 0 Å². The van der Waals surface area contributed by atoms with E-state index in [1.165, 1.54) is 12.1 Å². The van der Waals surface area contributed by atoms with E-state index in [-0.39, 0.29) is 5.82 Å². The Balaban J connectivity index is 2.56. The molecule has 0 aliphatic carbocycles. The molecule has 0 aromatic heterocycles. The molecule has 0 saturated carbocycles. The minimum atomic E-state index is -0.540. The molecule has 1 aromatic carbocycles. The van der Waals surface area contributed by atoms with Gasteiger partial charge in [-0.05, 0) is 30.0 Å². The maximum atomic E-state index is 12.9. The van der Waals surface area contributed by atoms with Gasteiger partial charge in [0.05, 0.1) is 6.10 Å². The van der Waals surface area contributed by atoms with E-state index in [9.17, 15) is 9.50 Å². The number of hydrogen-bond donors (Lipinski definition) is 1. The smallest absolute Gasteiger partial charge is 0.123 e. The molecule has 0 spiro atoms. The number of aliphatic hydroxyl groups excluding tert-OH is 1. The van der Waals surface area contributed by atoms with Crippen molar-refractivity contribution in [1.82, 2.24) is 0 Å². The minimum absolute atomic E-state index is 0.283. The summed E-state index contributed by atoms with van der Waals surface area (Å²) < 4.78 is 12.9. The summed E-state index contributed by atoms with van der Waals surface area (Å²) in [5.41, 5.74) is 0.679. The minimum Gasteiger partial charge on any atom is -0.388 e. The lowest BCUT2D eigenvalue weighted by molar-refractivity contribution is 0.145. The van der Waals surface area contributed by atoms with Crippen LogP contribution in [-0.2, 0) is 0 Å². The van der Waals surface area contributed by atoms with Gasteiger partial charge in [-0.3, -0.25) is 0 Å². The molecule has 0 fully saturated rings. The molecule has 1 N–H and O–H groups in total. The monoisotopic (exact) mass is 210 g/mol. The lowest BCUT2D eigenvalue weighted by atomic mass is 9.95. The first-order valence-electron chi connectivity index (χ1n) is 5.57. The first-order valence-corrected chi connectivity index (χ1v) is 5.57. The van der Waals surface area contributed by atoms with Crippen LogP contribution in [0.2, 0.25) is 0 Å². The topological polar surface area (TPSA) is 20.2 Å². The van der Waals surface area contributed by atoms with Crippen molar-refractivity contribution in [3.63, 3.8) is 0 Å². The molecule has 0 heterocycles. The van der Waals surface area contributed by atoms with Gasteiger partial charge in [0.25, 0.3) is 0 Å². The van der Waals surface area contributed by atoms with Gasteiger partial charge in [-0.1, -0.05) is 38.8 Å². The van der Waals surface area contributed by atoms with Crippen molar-refractivity contribution in [3.8, 4) is 0 Å². The SMILES string of the molecule is CCCC(C)CC(O)c1cccc(F)c1. The lowest BCUT2D eigenvalue weighted by Crippen LogP contribution is -2.04. The summed E-state index contributed by atoms with van der Waals surface area (Å²) in [6.07, 6.45) is 2.39. The van der Waals surface area contributed by atoms with Crippen molar-refractivity contribution < 1.29 is 9.50 Å². The van der Waals surface area contributed by atoms with E-state index in [4.69, 9.17) is 0 Å². The van der Waals surface area contributed by atoms with Crippen molar-refractivity contribution in [2.45, 2.75) is 39.2 Å². The maximum absolute atomic E-state index is 12.9. The average Bonchev–Trinajstić information content (AvgIpc) is 2.18. The molecule has 2 heteroatoms. The Hall–Kier alpha value is -0.890. The molecule has 1 rings (SSSR count). The van der Waals surface area contributed by atoms with Crippen molar-refractivity contribution in [2.24, 2.45) is 5.92 Å². The first kappa shape index (κ1) is 12.2. The Morgan fingerprint density at radius 2 is 2.13 bits per heavy atom. The quantitative estimate of drug-likeness (QED) is 0.786. The van der Waals surface area contributed by atoms with Crippen LogP contribution in [0.15, 0.2) is 24.3 Å². The summed E-state index contributed by atoms with van der Waals surface area (Å²) in [6, 6.07) is 6.21. The van der Waals surface area contributed by atoms with Gasteiger partial charge in [-0.2, -0.15) is 0 Å². The van der Waals surface area contributed by atoms with Gasteiger partial charge in [0.15, 0.2) is 0 Å². The van der Waals surface area contributed by atoms with Crippen LogP contribution in [-0.4, -0.2) is 5.11 Å². The van der Waals surface area contributed by atoms with Gasteiger partial charge < -0.3 is 5.11 Å². The van der Waals surface area contributed by atoms with Crippen molar-refractivity contribution >= 4 is 0 Å². The van der Waals surface area contributed by atoms with Gasteiger partial charge in [-0.25, -0.2) is 4.39 Å². The Bertz CT molecular complexity index is 298. The van der Waals surface area contributed by atoms with Gasteiger partial charge in [0, 0.05) is 0 Å². The van der Waals surface area contributed by atoms with Crippen LogP contribution in [0.1, 0.15) is 44.8 Å². The fraction of sp³-hybridized carbons (Fsp3) is 0.538. The van der Waals surface area contributed by atoms with Crippen LogP contribution in [0.25, 0.3) is 0 Å². The van der Waals surface area contributed by atoms with E-state index in [1.54, 1.807) is 12.1 Å². The van der Waals surface area contributed by atoms with Gasteiger partial charge in [-0.15, -0.1) is 0 Å². The molecule has 0 saturated heterocycles. The van der Waals surface area contributed by atoms with E-state index in [0.717, 1.165) is 12.8 Å². The average molecular weight is 210 g/mol.